The average molecular weight is 355 g/mol. The number of hydrogen-bond donors (Lipinski definition) is 2. The van der Waals surface area contributed by atoms with Crippen molar-refractivity contribution in [3.05, 3.63) is 25.3 Å². The lowest BCUT2D eigenvalue weighted by atomic mass is 10.1. The van der Waals surface area contributed by atoms with Crippen molar-refractivity contribution in [1.82, 2.24) is 0 Å². The Morgan fingerprint density at radius 2 is 1.00 bits per heavy atom. The zero-order valence-corrected chi connectivity index (χ0v) is 15.5. The summed E-state index contributed by atoms with van der Waals surface area (Å²) in [6.45, 7) is 14.3. The lowest BCUT2D eigenvalue weighted by molar-refractivity contribution is 0.531. The third-order valence-electron chi connectivity index (χ3n) is 3.13. The zero-order valence-electron chi connectivity index (χ0n) is 13.9. The second-order valence-corrected chi connectivity index (χ2v) is 9.36. The highest BCUT2D eigenvalue weighted by molar-refractivity contribution is 7.90. The summed E-state index contributed by atoms with van der Waals surface area (Å²) in [4.78, 5) is 0. The summed E-state index contributed by atoms with van der Waals surface area (Å²) in [6.07, 6.45) is 4.01. The van der Waals surface area contributed by atoms with Crippen molar-refractivity contribution in [3.63, 3.8) is 0 Å². The summed E-state index contributed by atoms with van der Waals surface area (Å²) < 4.78 is 43.6. The molecule has 0 aliphatic carbocycles. The van der Waals surface area contributed by atoms with Crippen LogP contribution < -0.4 is 10.3 Å². The first-order chi connectivity index (χ1) is 9.78. The minimum atomic E-state index is -3.40. The molecule has 4 N–H and O–H groups in total. The Morgan fingerprint density at radius 3 is 1.05 bits per heavy atom. The van der Waals surface area contributed by atoms with E-state index in [9.17, 15) is 16.8 Å². The number of rotatable bonds is 8. The maximum Gasteiger partial charge on any atom is 0.212 e. The van der Waals surface area contributed by atoms with Crippen molar-refractivity contribution < 1.29 is 16.8 Å². The fourth-order valence-corrected chi connectivity index (χ4v) is 4.23. The van der Waals surface area contributed by atoms with Gasteiger partial charge in [0.2, 0.25) is 20.0 Å². The molecule has 0 aliphatic heterocycles. The monoisotopic (exact) mass is 354 g/mol. The highest BCUT2D eigenvalue weighted by Crippen LogP contribution is 2.14. The Labute approximate surface area is 135 Å². The summed E-state index contributed by atoms with van der Waals surface area (Å²) in [6, 6.07) is 0. The van der Waals surface area contributed by atoms with E-state index in [0.29, 0.717) is 12.8 Å². The first-order valence-electron chi connectivity index (χ1n) is 7.04. The fourth-order valence-electron chi connectivity index (χ4n) is 1.90. The Morgan fingerprint density at radius 1 is 0.773 bits per heavy atom. The molecular weight excluding hydrogens is 324 g/mol. The van der Waals surface area contributed by atoms with Crippen LogP contribution in [-0.2, 0) is 20.0 Å². The van der Waals surface area contributed by atoms with Crippen LogP contribution in [0.15, 0.2) is 25.3 Å². The second kappa shape index (κ2) is 10.1. The second-order valence-electron chi connectivity index (χ2n) is 5.79. The molecule has 8 heteroatoms. The SMILES string of the molecule is C=CC[C@@H](C(C)C)S(N)(=O)=O.C=CC[C@H](C(C)C)S(N)(=O)=O. The summed E-state index contributed by atoms with van der Waals surface area (Å²) in [5.41, 5.74) is 0. The Bertz CT molecular complexity index is 487. The van der Waals surface area contributed by atoms with E-state index in [0.717, 1.165) is 0 Å². The van der Waals surface area contributed by atoms with E-state index in [2.05, 4.69) is 13.2 Å². The quantitative estimate of drug-likeness (QED) is 0.645. The minimum Gasteiger partial charge on any atom is -0.228 e. The van der Waals surface area contributed by atoms with Gasteiger partial charge in [-0.2, -0.15) is 0 Å². The van der Waals surface area contributed by atoms with Gasteiger partial charge in [0.15, 0.2) is 0 Å². The summed E-state index contributed by atoms with van der Waals surface area (Å²) in [5, 5.41) is 9.01. The number of allylic oxidation sites excluding steroid dienone is 2. The van der Waals surface area contributed by atoms with Gasteiger partial charge in [-0.1, -0.05) is 39.8 Å². The zero-order chi connectivity index (χ0) is 18.1. The van der Waals surface area contributed by atoms with Gasteiger partial charge in [0, 0.05) is 0 Å². The number of sulfonamides is 2. The van der Waals surface area contributed by atoms with Crippen molar-refractivity contribution in [3.8, 4) is 0 Å². The Kier molecular flexibility index (Phi) is 10.9. The summed E-state index contributed by atoms with van der Waals surface area (Å²) in [7, 11) is -6.80. The molecule has 0 saturated carbocycles. The van der Waals surface area contributed by atoms with E-state index < -0.39 is 30.5 Å². The molecule has 2 atom stereocenters. The van der Waals surface area contributed by atoms with Crippen LogP contribution in [0.25, 0.3) is 0 Å². The maximum absolute atomic E-state index is 10.9. The van der Waals surface area contributed by atoms with Gasteiger partial charge in [0.25, 0.3) is 0 Å². The molecule has 0 aromatic heterocycles. The third kappa shape index (κ3) is 10.1. The van der Waals surface area contributed by atoms with Crippen molar-refractivity contribution in [1.29, 1.82) is 0 Å². The van der Waals surface area contributed by atoms with Crippen LogP contribution in [0.4, 0.5) is 0 Å². The van der Waals surface area contributed by atoms with Crippen LogP contribution in [0, 0.1) is 11.8 Å². The molecule has 0 aromatic rings. The molecule has 0 heterocycles. The molecule has 0 aromatic carbocycles. The van der Waals surface area contributed by atoms with Crippen LogP contribution in [0.1, 0.15) is 40.5 Å². The van der Waals surface area contributed by atoms with Crippen molar-refractivity contribution in [2.75, 3.05) is 0 Å². The molecule has 0 radical (unpaired) electrons. The summed E-state index contributed by atoms with van der Waals surface area (Å²) in [5.74, 6) is 0.0889. The molecule has 6 nitrogen and oxygen atoms in total. The largest absolute Gasteiger partial charge is 0.228 e. The predicted molar refractivity (Wildman–Crippen MR) is 93.1 cm³/mol. The molecule has 0 spiro atoms. The molecule has 0 bridgehead atoms. The van der Waals surface area contributed by atoms with Gasteiger partial charge in [-0.25, -0.2) is 27.1 Å². The molecule has 0 rings (SSSR count). The molecule has 22 heavy (non-hydrogen) atoms. The molecular formula is C14H30N2O4S2. The first-order valence-corrected chi connectivity index (χ1v) is 10.3. The standard InChI is InChI=1S/2C7H15NO2S/c2*1-4-5-7(6(2)3)11(8,9)10/h2*4,6-7H,1,5H2,2-3H3,(H2,8,9,10)/t2*7-/m10/s1. The van der Waals surface area contributed by atoms with Crippen LogP contribution in [0.5, 0.6) is 0 Å². The Hall–Kier alpha value is -0.700. The molecule has 0 unspecified atom stereocenters. The summed E-state index contributed by atoms with van der Waals surface area (Å²) >= 11 is 0. The van der Waals surface area contributed by atoms with E-state index in [1.165, 1.54) is 0 Å². The van der Waals surface area contributed by atoms with Crippen LogP contribution >= 0.6 is 0 Å². The molecule has 0 amide bonds. The van der Waals surface area contributed by atoms with Crippen molar-refractivity contribution >= 4 is 20.0 Å². The number of primary sulfonamides is 2. The molecule has 132 valence electrons. The van der Waals surface area contributed by atoms with E-state index in [-0.39, 0.29) is 11.8 Å². The molecule has 0 aliphatic rings. The fraction of sp³-hybridized carbons (Fsp3) is 0.714. The number of nitrogens with two attached hydrogens (primary N) is 2. The van der Waals surface area contributed by atoms with Crippen molar-refractivity contribution in [2.24, 2.45) is 22.1 Å². The van der Waals surface area contributed by atoms with Gasteiger partial charge in [-0.05, 0) is 24.7 Å². The van der Waals surface area contributed by atoms with E-state index in [1.54, 1.807) is 12.2 Å². The normalized spacial score (nSPS) is 14.9. The van der Waals surface area contributed by atoms with Crippen LogP contribution in [0.2, 0.25) is 0 Å². The highest BCUT2D eigenvalue weighted by atomic mass is 32.2. The lowest BCUT2D eigenvalue weighted by Gasteiger charge is -2.15. The van der Waals surface area contributed by atoms with Gasteiger partial charge in [-0.3, -0.25) is 0 Å². The number of hydrogen-bond acceptors (Lipinski definition) is 4. The van der Waals surface area contributed by atoms with E-state index in [4.69, 9.17) is 10.3 Å². The molecule has 0 fully saturated rings. The van der Waals surface area contributed by atoms with Crippen molar-refractivity contribution in [2.45, 2.75) is 51.0 Å². The topological polar surface area (TPSA) is 120 Å². The average Bonchev–Trinajstić information content (AvgIpc) is 2.30. The lowest BCUT2D eigenvalue weighted by Crippen LogP contribution is -2.32. The van der Waals surface area contributed by atoms with Crippen LogP contribution in [-0.4, -0.2) is 27.3 Å². The van der Waals surface area contributed by atoms with E-state index in [1.807, 2.05) is 27.7 Å². The Balaban J connectivity index is 0. The maximum atomic E-state index is 10.9. The third-order valence-corrected chi connectivity index (χ3v) is 6.29. The highest BCUT2D eigenvalue weighted by Gasteiger charge is 2.23. The predicted octanol–water partition coefficient (Wildman–Crippen LogP) is 1.75. The first kappa shape index (κ1) is 23.6. The van der Waals surface area contributed by atoms with E-state index >= 15 is 0 Å². The van der Waals surface area contributed by atoms with Gasteiger partial charge in [-0.15, -0.1) is 13.2 Å². The smallest absolute Gasteiger partial charge is 0.212 e. The van der Waals surface area contributed by atoms with Gasteiger partial charge < -0.3 is 0 Å². The van der Waals surface area contributed by atoms with Gasteiger partial charge in [0.05, 0.1) is 10.5 Å². The van der Waals surface area contributed by atoms with Crippen LogP contribution in [0.3, 0.4) is 0 Å². The van der Waals surface area contributed by atoms with Gasteiger partial charge in [0.1, 0.15) is 0 Å². The minimum absolute atomic E-state index is 0.0444. The van der Waals surface area contributed by atoms with Gasteiger partial charge >= 0.3 is 0 Å². The molecule has 0 saturated heterocycles.